The minimum Gasteiger partial charge on any atom is -0.459 e. The quantitative estimate of drug-likeness (QED) is 0.262. The minimum absolute atomic E-state index is 0.0142. The van der Waals surface area contributed by atoms with E-state index in [0.29, 0.717) is 49.7 Å². The maximum atomic E-state index is 13.0. The van der Waals surface area contributed by atoms with Crippen LogP contribution in [0.15, 0.2) is 24.3 Å². The topological polar surface area (TPSA) is 136 Å². The molecule has 0 radical (unpaired) electrons. The molecular formula is C38H60N2O10. The Labute approximate surface area is 297 Å². The van der Waals surface area contributed by atoms with Gasteiger partial charge in [0.05, 0.1) is 35.4 Å². The van der Waals surface area contributed by atoms with E-state index in [-0.39, 0.29) is 38.3 Å². The molecule has 4 saturated heterocycles. The molecule has 12 heteroatoms. The van der Waals surface area contributed by atoms with Crippen molar-refractivity contribution >= 4 is 11.9 Å². The van der Waals surface area contributed by atoms with Gasteiger partial charge >= 0.3 is 11.9 Å². The van der Waals surface area contributed by atoms with Crippen molar-refractivity contribution in [1.82, 2.24) is 10.1 Å². The van der Waals surface area contributed by atoms with E-state index in [1.165, 1.54) is 34.4 Å². The molecule has 4 aliphatic heterocycles. The Bertz CT molecular complexity index is 1290. The van der Waals surface area contributed by atoms with Gasteiger partial charge in [0.2, 0.25) is 0 Å². The fraction of sp³-hybridized carbons (Fsp3) is 0.789. The Balaban J connectivity index is 1.13. The van der Waals surface area contributed by atoms with Crippen molar-refractivity contribution in [2.24, 2.45) is 11.8 Å². The lowest BCUT2D eigenvalue weighted by Crippen LogP contribution is -2.71. The van der Waals surface area contributed by atoms with Gasteiger partial charge in [-0.15, -0.1) is 0 Å². The van der Waals surface area contributed by atoms with Crippen LogP contribution < -0.4 is 0 Å². The number of hydroxylamine groups is 4. The van der Waals surface area contributed by atoms with Crippen LogP contribution in [0.4, 0.5) is 0 Å². The Morgan fingerprint density at radius 1 is 0.680 bits per heavy atom. The van der Waals surface area contributed by atoms with E-state index in [1.807, 2.05) is 69.2 Å². The second-order valence-corrected chi connectivity index (χ2v) is 16.0. The zero-order valence-electron chi connectivity index (χ0n) is 31.7. The standard InChI is InChI=1S/C38H60N2O10/c1-11-33(7)23-37(25(5)35(9,13-3)39(33)43)47-21-29(49-37)19-45-31(41)27-15-17-28(18-16-27)32(42)46-20-30-22-48-38(50-30)24-34(8,12-2)40(44)36(10,14-4)26(38)6/h15-18,25-26,29-30,43-44H,11-14,19-24H2,1-10H3. The Morgan fingerprint density at radius 2 is 1.02 bits per heavy atom. The molecule has 12 nitrogen and oxygen atoms in total. The molecule has 282 valence electrons. The highest BCUT2D eigenvalue weighted by molar-refractivity contribution is 5.93. The number of carbonyl (C=O) groups is 2. The van der Waals surface area contributed by atoms with Gasteiger partial charge in [-0.25, -0.2) is 9.59 Å². The van der Waals surface area contributed by atoms with Crippen LogP contribution in [0, 0.1) is 11.8 Å². The molecular weight excluding hydrogens is 644 g/mol. The number of piperidine rings is 2. The van der Waals surface area contributed by atoms with Gasteiger partial charge in [-0.2, -0.15) is 10.1 Å². The van der Waals surface area contributed by atoms with Crippen molar-refractivity contribution in [1.29, 1.82) is 0 Å². The fourth-order valence-electron chi connectivity index (χ4n) is 8.75. The number of benzene rings is 1. The Morgan fingerprint density at radius 3 is 1.32 bits per heavy atom. The van der Waals surface area contributed by atoms with Crippen molar-refractivity contribution in [3.8, 4) is 0 Å². The monoisotopic (exact) mass is 704 g/mol. The number of hydrogen-bond acceptors (Lipinski definition) is 12. The highest BCUT2D eigenvalue weighted by atomic mass is 16.8. The van der Waals surface area contributed by atoms with Gasteiger partial charge in [-0.1, -0.05) is 41.5 Å². The summed E-state index contributed by atoms with van der Waals surface area (Å²) in [5.41, 5.74) is -1.58. The molecule has 50 heavy (non-hydrogen) atoms. The normalized spacial score (nSPS) is 42.3. The van der Waals surface area contributed by atoms with Crippen LogP contribution in [0.3, 0.4) is 0 Å². The first kappa shape index (κ1) is 39.1. The lowest BCUT2D eigenvalue weighted by atomic mass is 9.67. The molecule has 1 aromatic rings. The van der Waals surface area contributed by atoms with Crippen LogP contribution in [0.25, 0.3) is 0 Å². The molecule has 4 aliphatic rings. The molecule has 4 fully saturated rings. The van der Waals surface area contributed by atoms with Crippen molar-refractivity contribution < 1.29 is 48.4 Å². The summed E-state index contributed by atoms with van der Waals surface area (Å²) in [6.45, 7) is 21.0. The number of rotatable bonds is 10. The first-order valence-electron chi connectivity index (χ1n) is 18.5. The average Bonchev–Trinajstić information content (AvgIpc) is 3.74. The molecule has 1 aromatic carbocycles. The summed E-state index contributed by atoms with van der Waals surface area (Å²) in [6.07, 6.45) is 2.94. The van der Waals surface area contributed by atoms with E-state index in [2.05, 4.69) is 0 Å². The van der Waals surface area contributed by atoms with Crippen LogP contribution in [0.2, 0.25) is 0 Å². The van der Waals surface area contributed by atoms with Crippen LogP contribution in [0.1, 0.15) is 128 Å². The summed E-state index contributed by atoms with van der Waals surface area (Å²) < 4.78 is 36.9. The third-order valence-corrected chi connectivity index (χ3v) is 13.3. The Kier molecular flexibility index (Phi) is 10.9. The molecule has 10 unspecified atom stereocenters. The summed E-state index contributed by atoms with van der Waals surface area (Å²) in [6, 6.07) is 6.15. The largest absolute Gasteiger partial charge is 0.459 e. The van der Waals surface area contributed by atoms with E-state index in [1.54, 1.807) is 0 Å². The smallest absolute Gasteiger partial charge is 0.338 e. The number of esters is 2. The first-order valence-corrected chi connectivity index (χ1v) is 18.5. The lowest BCUT2D eigenvalue weighted by Gasteiger charge is -2.60. The number of nitrogens with zero attached hydrogens (tertiary/aromatic N) is 2. The predicted molar refractivity (Wildman–Crippen MR) is 184 cm³/mol. The van der Waals surface area contributed by atoms with Gasteiger partial charge in [0, 0.05) is 35.8 Å². The third kappa shape index (κ3) is 6.42. The third-order valence-electron chi connectivity index (χ3n) is 13.3. The zero-order valence-corrected chi connectivity index (χ0v) is 31.7. The molecule has 2 spiro atoms. The lowest BCUT2D eigenvalue weighted by molar-refractivity contribution is -0.352. The fourth-order valence-corrected chi connectivity index (χ4v) is 8.75. The van der Waals surface area contributed by atoms with Gasteiger partial charge in [-0.3, -0.25) is 0 Å². The second-order valence-electron chi connectivity index (χ2n) is 16.0. The van der Waals surface area contributed by atoms with Gasteiger partial charge in [0.15, 0.2) is 11.6 Å². The molecule has 10 atom stereocenters. The maximum absolute atomic E-state index is 13.0. The molecule has 0 bridgehead atoms. The predicted octanol–water partition coefficient (Wildman–Crippen LogP) is 6.36. The Hall–Kier alpha value is -2.16. The van der Waals surface area contributed by atoms with E-state index in [9.17, 15) is 20.0 Å². The highest BCUT2D eigenvalue weighted by Crippen LogP contribution is 2.54. The van der Waals surface area contributed by atoms with Crippen LogP contribution in [0.5, 0.6) is 0 Å². The summed E-state index contributed by atoms with van der Waals surface area (Å²) >= 11 is 0. The average molecular weight is 705 g/mol. The molecule has 5 rings (SSSR count). The van der Waals surface area contributed by atoms with Gasteiger partial charge in [0.25, 0.3) is 0 Å². The molecule has 0 saturated carbocycles. The van der Waals surface area contributed by atoms with Crippen LogP contribution in [-0.4, -0.2) is 105 Å². The zero-order chi connectivity index (χ0) is 36.9. The van der Waals surface area contributed by atoms with Crippen LogP contribution in [-0.2, 0) is 28.4 Å². The SMILES string of the molecule is CCC1(C)CC2(OCC(COC(=O)c3ccc(C(=O)OCC4COC5(CC(C)(CC)N(O)C(C)(CC)C5C)O4)cc3)O2)C(C)C(C)(CC)N1O. The van der Waals surface area contributed by atoms with E-state index >= 15 is 0 Å². The summed E-state index contributed by atoms with van der Waals surface area (Å²) in [7, 11) is 0. The summed E-state index contributed by atoms with van der Waals surface area (Å²) in [4.78, 5) is 25.9. The summed E-state index contributed by atoms with van der Waals surface area (Å²) in [5, 5.41) is 25.3. The van der Waals surface area contributed by atoms with E-state index in [0.717, 1.165) is 0 Å². The van der Waals surface area contributed by atoms with Gasteiger partial charge in [0.1, 0.15) is 25.4 Å². The molecule has 0 aromatic heterocycles. The van der Waals surface area contributed by atoms with Gasteiger partial charge in [-0.05, 0) is 77.6 Å². The number of ether oxygens (including phenoxy) is 6. The van der Waals surface area contributed by atoms with E-state index < -0.39 is 57.9 Å². The highest BCUT2D eigenvalue weighted by Gasteiger charge is 2.64. The van der Waals surface area contributed by atoms with Gasteiger partial charge < -0.3 is 38.8 Å². The molecule has 4 heterocycles. The maximum Gasteiger partial charge on any atom is 0.338 e. The second kappa shape index (κ2) is 14.0. The van der Waals surface area contributed by atoms with E-state index in [4.69, 9.17) is 28.4 Å². The number of hydrogen-bond donors (Lipinski definition) is 2. The minimum atomic E-state index is -0.897. The van der Waals surface area contributed by atoms with Crippen molar-refractivity contribution in [2.75, 3.05) is 26.4 Å². The van der Waals surface area contributed by atoms with Crippen molar-refractivity contribution in [2.45, 2.75) is 154 Å². The van der Waals surface area contributed by atoms with Crippen molar-refractivity contribution in [3.05, 3.63) is 35.4 Å². The van der Waals surface area contributed by atoms with Crippen LogP contribution >= 0.6 is 0 Å². The molecule has 0 amide bonds. The van der Waals surface area contributed by atoms with Crippen molar-refractivity contribution in [3.63, 3.8) is 0 Å². The molecule has 2 N–H and O–H groups in total. The number of carbonyl (C=O) groups excluding carboxylic acids is 2. The first-order chi connectivity index (χ1) is 23.4. The summed E-state index contributed by atoms with van der Waals surface area (Å²) in [5.74, 6) is -3.14. The molecule has 0 aliphatic carbocycles.